The second-order valence-electron chi connectivity index (χ2n) is 28.7. The van der Waals surface area contributed by atoms with Crippen molar-refractivity contribution in [3.63, 3.8) is 0 Å². The standard InChI is InChI=1S/C82H80N2O/c1-77(2,3)54-30-38-60(39-31-54)83(61-40-32-55(33-41-61)78(4,5)6)64-46-48-65-68-51-69-53(49-70(68)81(13,14)71(65)50-64)29-47-66-72(82(69,58-23-17-15-18-24-58)59-25-19-16-20-26-59)52-73(75-67-27-21-22-28-74(67)85-76(66)75)84(62-42-34-56(35-43-62)79(7,8)9)63-44-36-57(37-45-63)80(10,11)12/h15-52H,1-14H3. The van der Waals surface area contributed by atoms with Gasteiger partial charge in [-0.1, -0.05) is 243 Å². The van der Waals surface area contributed by atoms with E-state index >= 15 is 0 Å². The van der Waals surface area contributed by atoms with Crippen molar-refractivity contribution < 1.29 is 4.42 Å². The topological polar surface area (TPSA) is 19.6 Å². The van der Waals surface area contributed by atoms with Gasteiger partial charge in [0.1, 0.15) is 11.2 Å². The number of rotatable bonds is 8. The molecule has 10 aromatic carbocycles. The second-order valence-corrected chi connectivity index (χ2v) is 28.7. The third-order valence-electron chi connectivity index (χ3n) is 18.6. The number of hydrogen-bond acceptors (Lipinski definition) is 3. The largest absolute Gasteiger partial charge is 0.455 e. The number of nitrogens with zero attached hydrogens (tertiary/aromatic N) is 2. The van der Waals surface area contributed by atoms with Crippen molar-refractivity contribution in [1.82, 2.24) is 0 Å². The van der Waals surface area contributed by atoms with Gasteiger partial charge in [-0.05, 0) is 179 Å². The molecule has 2 aliphatic rings. The van der Waals surface area contributed by atoms with E-state index in [-0.39, 0.29) is 27.1 Å². The summed E-state index contributed by atoms with van der Waals surface area (Å²) in [6, 6.07) is 82.9. The quantitative estimate of drug-likeness (QED) is 0.151. The first kappa shape index (κ1) is 55.5. The number of furan rings is 1. The van der Waals surface area contributed by atoms with Crippen molar-refractivity contribution in [1.29, 1.82) is 0 Å². The molecule has 1 heterocycles. The number of fused-ring (bicyclic) bond motifs is 9. The Morgan fingerprint density at radius 3 is 1.25 bits per heavy atom. The minimum atomic E-state index is -0.840. The van der Waals surface area contributed by atoms with E-state index < -0.39 is 5.41 Å². The molecule has 1 aromatic heterocycles. The van der Waals surface area contributed by atoms with Gasteiger partial charge in [-0.15, -0.1) is 0 Å². The van der Waals surface area contributed by atoms with E-state index in [1.165, 1.54) is 66.8 Å². The Labute approximate surface area is 505 Å². The fourth-order valence-electron chi connectivity index (χ4n) is 13.7. The average molecular weight is 1110 g/mol. The van der Waals surface area contributed by atoms with Crippen LogP contribution in [-0.2, 0) is 32.5 Å². The lowest BCUT2D eigenvalue weighted by atomic mass is 9.62. The number of anilines is 6. The van der Waals surface area contributed by atoms with E-state index in [0.29, 0.717) is 0 Å². The van der Waals surface area contributed by atoms with Crippen LogP contribution in [0.15, 0.2) is 223 Å². The molecular formula is C82H80N2O. The van der Waals surface area contributed by atoms with Crippen LogP contribution in [0.1, 0.15) is 164 Å². The first-order valence-corrected chi connectivity index (χ1v) is 30.6. The number of hydrogen-bond donors (Lipinski definition) is 0. The highest BCUT2D eigenvalue weighted by atomic mass is 16.3. The molecule has 424 valence electrons. The Bertz CT molecular complexity index is 4200. The molecule has 0 saturated heterocycles. The molecule has 2 aliphatic carbocycles. The maximum Gasteiger partial charge on any atom is 0.145 e. The van der Waals surface area contributed by atoms with Crippen LogP contribution in [0.4, 0.5) is 34.1 Å². The first-order chi connectivity index (χ1) is 40.4. The monoisotopic (exact) mass is 1110 g/mol. The van der Waals surface area contributed by atoms with Crippen LogP contribution < -0.4 is 9.80 Å². The summed E-state index contributed by atoms with van der Waals surface area (Å²) in [4.78, 5) is 4.93. The van der Waals surface area contributed by atoms with Gasteiger partial charge in [0.25, 0.3) is 0 Å². The van der Waals surface area contributed by atoms with Gasteiger partial charge < -0.3 is 14.2 Å². The molecule has 11 aromatic rings. The zero-order chi connectivity index (χ0) is 59.6. The number of benzene rings is 10. The van der Waals surface area contributed by atoms with Gasteiger partial charge in [0.2, 0.25) is 0 Å². The van der Waals surface area contributed by atoms with Crippen LogP contribution >= 0.6 is 0 Å². The molecule has 0 amide bonds. The predicted molar refractivity (Wildman–Crippen MR) is 363 cm³/mol. The molecule has 0 bridgehead atoms. The molecule has 0 fully saturated rings. The van der Waals surface area contributed by atoms with Gasteiger partial charge in [0, 0.05) is 44.8 Å². The maximum atomic E-state index is 7.37. The Morgan fingerprint density at radius 1 is 0.353 bits per heavy atom. The molecule has 3 nitrogen and oxygen atoms in total. The van der Waals surface area contributed by atoms with Crippen LogP contribution in [-0.4, -0.2) is 0 Å². The minimum Gasteiger partial charge on any atom is -0.455 e. The molecule has 85 heavy (non-hydrogen) atoms. The molecular weight excluding hydrogens is 1030 g/mol. The van der Waals surface area contributed by atoms with Gasteiger partial charge >= 0.3 is 0 Å². The molecule has 0 aliphatic heterocycles. The average Bonchev–Trinajstić information content (AvgIpc) is 1.74. The normalized spacial score (nSPS) is 14.4. The highest BCUT2D eigenvalue weighted by molar-refractivity contribution is 6.17. The fourth-order valence-corrected chi connectivity index (χ4v) is 13.7. The summed E-state index contributed by atoms with van der Waals surface area (Å²) in [6.07, 6.45) is 4.75. The van der Waals surface area contributed by atoms with Gasteiger partial charge in [-0.25, -0.2) is 0 Å². The summed E-state index contributed by atoms with van der Waals surface area (Å²) in [5.41, 5.74) is 24.6. The highest BCUT2D eigenvalue weighted by Gasteiger charge is 2.46. The lowest BCUT2D eigenvalue weighted by Gasteiger charge is -2.39. The third kappa shape index (κ3) is 9.34. The van der Waals surface area contributed by atoms with Crippen molar-refractivity contribution in [3.05, 3.63) is 285 Å². The minimum absolute atomic E-state index is 0.0170. The Balaban J connectivity index is 1.08. The zero-order valence-electron chi connectivity index (χ0n) is 52.2. The van der Waals surface area contributed by atoms with Crippen LogP contribution in [0.25, 0.3) is 45.2 Å². The van der Waals surface area contributed by atoms with E-state index in [9.17, 15) is 0 Å². The van der Waals surface area contributed by atoms with E-state index in [1.54, 1.807) is 0 Å². The van der Waals surface area contributed by atoms with Crippen LogP contribution in [0.2, 0.25) is 0 Å². The second kappa shape index (κ2) is 20.0. The Morgan fingerprint density at radius 2 is 0.776 bits per heavy atom. The lowest BCUT2D eigenvalue weighted by molar-refractivity contribution is 0.590. The molecule has 0 atom stereocenters. The van der Waals surface area contributed by atoms with Crippen molar-refractivity contribution in [2.45, 2.75) is 129 Å². The summed E-state index contributed by atoms with van der Waals surface area (Å²) < 4.78 is 7.37. The van der Waals surface area contributed by atoms with E-state index in [2.05, 4.69) is 337 Å². The number of para-hydroxylation sites is 1. The van der Waals surface area contributed by atoms with Crippen LogP contribution in [0.5, 0.6) is 0 Å². The summed E-state index contributed by atoms with van der Waals surface area (Å²) in [5, 5.41) is 2.16. The van der Waals surface area contributed by atoms with Crippen molar-refractivity contribution >= 4 is 68.2 Å². The summed E-state index contributed by atoms with van der Waals surface area (Å²) >= 11 is 0. The van der Waals surface area contributed by atoms with Crippen LogP contribution in [0.3, 0.4) is 0 Å². The molecule has 0 unspecified atom stereocenters. The van der Waals surface area contributed by atoms with Crippen molar-refractivity contribution in [3.8, 4) is 11.1 Å². The molecule has 3 heteroatoms. The smallest absolute Gasteiger partial charge is 0.145 e. The molecule has 13 rings (SSSR count). The summed E-state index contributed by atoms with van der Waals surface area (Å²) in [6.45, 7) is 32.3. The SMILES string of the molecule is CC(C)(C)c1ccc(N(c2ccc(C(C)(C)C)cc2)c2ccc3c(c2)C(C)(C)c2cc4c(cc2-3)C(c2ccccc2)(c2ccccc2)c2cc(N(c3ccc(C(C)(C)C)cc3)c3ccc(C(C)(C)C)cc3)c3c(oc5ccccc53)c2C=C4)cc1. The Hall–Kier alpha value is -8.66. The predicted octanol–water partition coefficient (Wildman–Crippen LogP) is 22.9. The van der Waals surface area contributed by atoms with E-state index in [4.69, 9.17) is 4.42 Å². The maximum absolute atomic E-state index is 7.37. The molecule has 0 spiro atoms. The molecule has 0 N–H and O–H groups in total. The summed E-state index contributed by atoms with van der Waals surface area (Å²) in [5.74, 6) is 0. The molecule has 0 radical (unpaired) electrons. The van der Waals surface area contributed by atoms with Gasteiger partial charge in [0.05, 0.1) is 16.5 Å². The summed E-state index contributed by atoms with van der Waals surface area (Å²) in [7, 11) is 0. The van der Waals surface area contributed by atoms with Crippen LogP contribution in [0, 0.1) is 0 Å². The van der Waals surface area contributed by atoms with Crippen molar-refractivity contribution in [2.75, 3.05) is 9.80 Å². The van der Waals surface area contributed by atoms with Gasteiger partial charge in [0.15, 0.2) is 0 Å². The van der Waals surface area contributed by atoms with E-state index in [0.717, 1.165) is 67.2 Å². The van der Waals surface area contributed by atoms with E-state index in [1.807, 2.05) is 0 Å². The first-order valence-electron chi connectivity index (χ1n) is 30.6. The Kier molecular flexibility index (Phi) is 13.1. The van der Waals surface area contributed by atoms with Gasteiger partial charge in [-0.2, -0.15) is 0 Å². The lowest BCUT2D eigenvalue weighted by Crippen LogP contribution is -2.33. The highest BCUT2D eigenvalue weighted by Crippen LogP contribution is 2.59. The van der Waals surface area contributed by atoms with Gasteiger partial charge in [-0.3, -0.25) is 0 Å². The fraction of sp³-hybridized carbons (Fsp3) is 0.244. The third-order valence-corrected chi connectivity index (χ3v) is 18.6. The molecule has 0 saturated carbocycles. The van der Waals surface area contributed by atoms with Crippen molar-refractivity contribution in [2.24, 2.45) is 0 Å². The zero-order valence-corrected chi connectivity index (χ0v) is 52.2.